The fraction of sp³-hybridized carbons (Fsp3) is 0.538. The van der Waals surface area contributed by atoms with Gasteiger partial charge in [0.25, 0.3) is 0 Å². The van der Waals surface area contributed by atoms with Gasteiger partial charge in [-0.3, -0.25) is 0 Å². The molecule has 0 bridgehead atoms. The molecule has 4 heteroatoms. The Balaban J connectivity index is 2.57. The first-order valence-electron chi connectivity index (χ1n) is 5.51. The van der Waals surface area contributed by atoms with Crippen molar-refractivity contribution in [3.63, 3.8) is 0 Å². The summed E-state index contributed by atoms with van der Waals surface area (Å²) in [6.45, 7) is 4.56. The van der Waals surface area contributed by atoms with Crippen LogP contribution in [0.15, 0.2) is 18.2 Å². The molecule has 1 aromatic carbocycles. The third-order valence-electron chi connectivity index (χ3n) is 2.68. The van der Waals surface area contributed by atoms with Crippen LogP contribution >= 0.6 is 15.9 Å². The van der Waals surface area contributed by atoms with E-state index in [9.17, 15) is 4.39 Å². The molecule has 0 N–H and O–H groups in total. The molecule has 0 atom stereocenters. The Morgan fingerprint density at radius 3 is 2.65 bits per heavy atom. The maximum absolute atomic E-state index is 13.0. The zero-order valence-corrected chi connectivity index (χ0v) is 12.0. The number of benzene rings is 1. The van der Waals surface area contributed by atoms with Crippen LogP contribution < -0.4 is 4.74 Å². The van der Waals surface area contributed by atoms with Crippen LogP contribution in [-0.2, 0) is 10.1 Å². The second-order valence-electron chi connectivity index (χ2n) is 4.45. The summed E-state index contributed by atoms with van der Waals surface area (Å²) in [6, 6.07) is 4.54. The molecule has 0 heterocycles. The van der Waals surface area contributed by atoms with Crippen molar-refractivity contribution in [2.75, 3.05) is 13.7 Å². The summed E-state index contributed by atoms with van der Waals surface area (Å²) in [5.74, 6) is 0.471. The second-order valence-corrected chi connectivity index (χ2v) is 5.01. The molecule has 0 saturated heterocycles. The molecule has 0 saturated carbocycles. The largest absolute Gasteiger partial charge is 0.493 e. The maximum Gasteiger partial charge on any atom is 0.123 e. The van der Waals surface area contributed by atoms with Crippen molar-refractivity contribution in [1.82, 2.24) is 0 Å². The van der Waals surface area contributed by atoms with Crippen molar-refractivity contribution in [3.8, 4) is 5.75 Å². The molecule has 0 aliphatic carbocycles. The van der Waals surface area contributed by atoms with Crippen molar-refractivity contribution < 1.29 is 13.9 Å². The summed E-state index contributed by atoms with van der Waals surface area (Å²) in [5.41, 5.74) is 0.620. The highest BCUT2D eigenvalue weighted by molar-refractivity contribution is 9.08. The summed E-state index contributed by atoms with van der Waals surface area (Å²) in [6.07, 6.45) is 0.780. The Morgan fingerprint density at radius 2 is 2.06 bits per heavy atom. The van der Waals surface area contributed by atoms with Gasteiger partial charge in [0.15, 0.2) is 0 Å². The molecular formula is C13H18BrFO2. The Labute approximate surface area is 110 Å². The summed E-state index contributed by atoms with van der Waals surface area (Å²) in [4.78, 5) is 0. The van der Waals surface area contributed by atoms with Gasteiger partial charge >= 0.3 is 0 Å². The predicted molar refractivity (Wildman–Crippen MR) is 70.2 cm³/mol. The quantitative estimate of drug-likeness (QED) is 0.742. The fourth-order valence-corrected chi connectivity index (χ4v) is 1.74. The van der Waals surface area contributed by atoms with Crippen molar-refractivity contribution >= 4 is 15.9 Å². The van der Waals surface area contributed by atoms with Crippen LogP contribution in [0.1, 0.15) is 25.8 Å². The van der Waals surface area contributed by atoms with Crippen LogP contribution in [0.3, 0.4) is 0 Å². The zero-order valence-electron chi connectivity index (χ0n) is 10.4. The van der Waals surface area contributed by atoms with Gasteiger partial charge in [-0.2, -0.15) is 0 Å². The first kappa shape index (κ1) is 14.5. The fourth-order valence-electron chi connectivity index (χ4n) is 1.30. The monoisotopic (exact) mass is 304 g/mol. The lowest BCUT2D eigenvalue weighted by atomic mass is 10.1. The van der Waals surface area contributed by atoms with Gasteiger partial charge in [0, 0.05) is 24.4 Å². The van der Waals surface area contributed by atoms with E-state index in [1.54, 1.807) is 13.2 Å². The Hall–Kier alpha value is -0.610. The topological polar surface area (TPSA) is 18.5 Å². The highest BCUT2D eigenvalue weighted by Gasteiger charge is 2.16. The highest BCUT2D eigenvalue weighted by atomic mass is 79.9. The lowest BCUT2D eigenvalue weighted by Crippen LogP contribution is -2.25. The minimum absolute atomic E-state index is 0.200. The summed E-state index contributed by atoms with van der Waals surface area (Å²) in [7, 11) is 1.68. The minimum Gasteiger partial charge on any atom is -0.493 e. The van der Waals surface area contributed by atoms with Crippen LogP contribution in [0.2, 0.25) is 0 Å². The smallest absolute Gasteiger partial charge is 0.123 e. The molecule has 96 valence electrons. The van der Waals surface area contributed by atoms with Crippen LogP contribution in [0.4, 0.5) is 4.39 Å². The molecule has 0 aromatic heterocycles. The molecule has 0 spiro atoms. The van der Waals surface area contributed by atoms with Crippen molar-refractivity contribution in [2.24, 2.45) is 0 Å². The molecule has 1 aromatic rings. The van der Waals surface area contributed by atoms with E-state index in [1.807, 2.05) is 13.8 Å². The second kappa shape index (κ2) is 6.36. The molecule has 1 rings (SSSR count). The standard InChI is InChI=1S/C13H18BrFO2/c1-13(2,16-3)6-7-17-12-5-4-11(15)8-10(12)9-14/h4-5,8H,6-7,9H2,1-3H3. The van der Waals surface area contributed by atoms with E-state index >= 15 is 0 Å². The van der Waals surface area contributed by atoms with Gasteiger partial charge in [0.05, 0.1) is 12.2 Å². The van der Waals surface area contributed by atoms with Gasteiger partial charge in [-0.1, -0.05) is 15.9 Å². The van der Waals surface area contributed by atoms with Crippen LogP contribution in [0, 0.1) is 5.82 Å². The van der Waals surface area contributed by atoms with E-state index in [0.29, 0.717) is 11.9 Å². The van der Waals surface area contributed by atoms with E-state index < -0.39 is 0 Å². The van der Waals surface area contributed by atoms with E-state index in [1.165, 1.54) is 12.1 Å². The normalized spacial score (nSPS) is 11.6. The SMILES string of the molecule is COC(C)(C)CCOc1ccc(F)cc1CBr. The van der Waals surface area contributed by atoms with Crippen LogP contribution in [-0.4, -0.2) is 19.3 Å². The Bertz CT molecular complexity index is 366. The van der Waals surface area contributed by atoms with Gasteiger partial charge in [-0.05, 0) is 32.0 Å². The van der Waals surface area contributed by atoms with Crippen molar-refractivity contribution in [3.05, 3.63) is 29.6 Å². The van der Waals surface area contributed by atoms with Gasteiger partial charge in [-0.15, -0.1) is 0 Å². The van der Waals surface area contributed by atoms with Gasteiger partial charge < -0.3 is 9.47 Å². The third kappa shape index (κ3) is 4.64. The third-order valence-corrected chi connectivity index (χ3v) is 3.28. The summed E-state index contributed by atoms with van der Waals surface area (Å²) in [5, 5.41) is 0.577. The van der Waals surface area contributed by atoms with E-state index in [4.69, 9.17) is 9.47 Å². The first-order valence-corrected chi connectivity index (χ1v) is 6.63. The molecule has 17 heavy (non-hydrogen) atoms. The predicted octanol–water partition coefficient (Wildman–Crippen LogP) is 3.91. The highest BCUT2D eigenvalue weighted by Crippen LogP contribution is 2.23. The maximum atomic E-state index is 13.0. The molecule has 0 aliphatic heterocycles. The zero-order chi connectivity index (χ0) is 12.9. The first-order chi connectivity index (χ1) is 7.98. The van der Waals surface area contributed by atoms with Gasteiger partial charge in [0.2, 0.25) is 0 Å². The number of alkyl halides is 1. The number of hydrogen-bond acceptors (Lipinski definition) is 2. The van der Waals surface area contributed by atoms with Crippen molar-refractivity contribution in [2.45, 2.75) is 31.2 Å². The molecular weight excluding hydrogens is 287 g/mol. The number of halogens is 2. The minimum atomic E-state index is -0.246. The molecule has 0 amide bonds. The Kier molecular flexibility index (Phi) is 5.40. The Morgan fingerprint density at radius 1 is 1.35 bits per heavy atom. The number of hydrogen-bond donors (Lipinski definition) is 0. The summed E-state index contributed by atoms with van der Waals surface area (Å²) >= 11 is 3.32. The molecule has 0 unspecified atom stereocenters. The van der Waals surface area contributed by atoms with Gasteiger partial charge in [0.1, 0.15) is 11.6 Å². The summed E-state index contributed by atoms with van der Waals surface area (Å²) < 4.78 is 23.9. The molecule has 0 fully saturated rings. The van der Waals surface area contributed by atoms with Crippen molar-refractivity contribution in [1.29, 1.82) is 0 Å². The van der Waals surface area contributed by atoms with E-state index in [2.05, 4.69) is 15.9 Å². The lowest BCUT2D eigenvalue weighted by molar-refractivity contribution is 0.00539. The van der Waals surface area contributed by atoms with Crippen LogP contribution in [0.5, 0.6) is 5.75 Å². The lowest BCUT2D eigenvalue weighted by Gasteiger charge is -2.23. The van der Waals surface area contributed by atoms with E-state index in [-0.39, 0.29) is 11.4 Å². The number of rotatable bonds is 6. The molecule has 0 radical (unpaired) electrons. The van der Waals surface area contributed by atoms with Crippen LogP contribution in [0.25, 0.3) is 0 Å². The average molecular weight is 305 g/mol. The average Bonchev–Trinajstić information content (AvgIpc) is 2.30. The number of methoxy groups -OCH3 is 1. The molecule has 2 nitrogen and oxygen atoms in total. The number of ether oxygens (including phenoxy) is 2. The van der Waals surface area contributed by atoms with Gasteiger partial charge in [-0.25, -0.2) is 4.39 Å². The molecule has 0 aliphatic rings. The van der Waals surface area contributed by atoms with E-state index in [0.717, 1.165) is 17.7 Å².